The molecule has 0 bridgehead atoms. The largest absolute Gasteiger partial charge is 0.453 e. The van der Waals surface area contributed by atoms with E-state index in [1.165, 1.54) is 13.0 Å². The first-order valence-electron chi connectivity index (χ1n) is 9.57. The van der Waals surface area contributed by atoms with E-state index in [0.29, 0.717) is 0 Å². The number of hydrogen-bond acceptors (Lipinski definition) is 6. The fraction of sp³-hybridized carbons (Fsp3) is 0.316. The van der Waals surface area contributed by atoms with Crippen LogP contribution in [0.2, 0.25) is 0 Å². The predicted octanol–water partition coefficient (Wildman–Crippen LogP) is 2.50. The maximum absolute atomic E-state index is 13.8. The monoisotopic (exact) mass is 487 g/mol. The number of nitrogens with one attached hydrogen (secondary N) is 1. The maximum Gasteiger partial charge on any atom is 0.453 e. The second-order valence-electron chi connectivity index (χ2n) is 7.78. The third-order valence-corrected chi connectivity index (χ3v) is 5.59. The van der Waals surface area contributed by atoms with Crippen LogP contribution < -0.4 is 16.8 Å². The molecule has 180 valence electrons. The third-order valence-electron chi connectivity index (χ3n) is 5.59. The van der Waals surface area contributed by atoms with Crippen molar-refractivity contribution >= 4 is 34.4 Å². The topological polar surface area (TPSA) is 142 Å². The number of carbonyl (C=O) groups is 2. The first-order chi connectivity index (χ1) is 15.7. The average molecular weight is 487 g/mol. The van der Waals surface area contributed by atoms with Crippen LogP contribution in [0.3, 0.4) is 0 Å². The number of aryl methyl sites for hydroxylation is 1. The van der Waals surface area contributed by atoms with E-state index in [9.17, 15) is 35.9 Å². The number of primary amides is 1. The molecule has 2 aromatic heterocycles. The number of rotatable bonds is 5. The van der Waals surface area contributed by atoms with Crippen molar-refractivity contribution in [2.24, 2.45) is 5.73 Å². The molecule has 9 nitrogen and oxygen atoms in total. The Morgan fingerprint density at radius 3 is 2.50 bits per heavy atom. The van der Waals surface area contributed by atoms with Crippen LogP contribution in [0.1, 0.15) is 18.9 Å². The summed E-state index contributed by atoms with van der Waals surface area (Å²) in [5, 5.41) is 6.49. The van der Waals surface area contributed by atoms with Gasteiger partial charge in [-0.1, -0.05) is 0 Å². The van der Waals surface area contributed by atoms with E-state index in [1.54, 1.807) is 0 Å². The van der Waals surface area contributed by atoms with Gasteiger partial charge in [0.05, 0.1) is 11.1 Å². The molecule has 0 spiro atoms. The summed E-state index contributed by atoms with van der Waals surface area (Å²) in [6.45, 7) is 0.312. The summed E-state index contributed by atoms with van der Waals surface area (Å²) >= 11 is 0. The summed E-state index contributed by atoms with van der Waals surface area (Å²) in [5.41, 5.74) is 9.15. The molecule has 4 rings (SSSR count). The molecule has 1 unspecified atom stereocenters. The summed E-state index contributed by atoms with van der Waals surface area (Å²) in [5.74, 6) is -8.32. The fourth-order valence-electron chi connectivity index (χ4n) is 3.62. The Bertz CT molecular complexity index is 1350. The number of fused-ring (bicyclic) bond motifs is 2. The molecule has 15 heteroatoms. The Hall–Kier alpha value is -3.91. The Morgan fingerprint density at radius 1 is 1.21 bits per heavy atom. The van der Waals surface area contributed by atoms with E-state index in [0.717, 1.165) is 16.8 Å². The molecular formula is C19H15F6N7O2. The van der Waals surface area contributed by atoms with Gasteiger partial charge in [0, 0.05) is 18.4 Å². The zero-order valence-electron chi connectivity index (χ0n) is 17.2. The van der Waals surface area contributed by atoms with Gasteiger partial charge in [0.25, 0.3) is 0 Å². The minimum Gasteiger partial charge on any atom is -0.383 e. The number of benzene rings is 1. The molecule has 0 aliphatic carbocycles. The number of hydrogen-bond donors (Lipinski definition) is 3. The van der Waals surface area contributed by atoms with Gasteiger partial charge in [-0.3, -0.25) is 14.3 Å². The second-order valence-corrected chi connectivity index (χ2v) is 7.78. The Kier molecular flexibility index (Phi) is 4.99. The number of carbonyl (C=O) groups excluding carboxylic acids is 2. The molecule has 3 heterocycles. The van der Waals surface area contributed by atoms with E-state index in [1.807, 2.05) is 0 Å². The van der Waals surface area contributed by atoms with Crippen molar-refractivity contribution in [3.05, 3.63) is 29.6 Å². The zero-order chi connectivity index (χ0) is 25.2. The SMILES string of the molecule is CC1(C(N)=O)C(=O)Nc2nc(-c3nn(CCC(F)(F)C(F)(F)F)c4cc(F)ccc34)nc(N)c21. The summed E-state index contributed by atoms with van der Waals surface area (Å²) in [6.07, 6.45) is -7.42. The van der Waals surface area contributed by atoms with Crippen LogP contribution in [0.5, 0.6) is 0 Å². The molecule has 0 saturated heterocycles. The third kappa shape index (κ3) is 3.38. The lowest BCUT2D eigenvalue weighted by atomic mass is 9.84. The van der Waals surface area contributed by atoms with Gasteiger partial charge in [0.1, 0.15) is 23.1 Å². The molecule has 5 N–H and O–H groups in total. The number of nitrogens with two attached hydrogens (primary N) is 2. The maximum atomic E-state index is 13.8. The van der Waals surface area contributed by atoms with Gasteiger partial charge in [0.2, 0.25) is 11.8 Å². The number of aromatic nitrogens is 4. The lowest BCUT2D eigenvalue weighted by molar-refractivity contribution is -0.285. The molecule has 1 aliphatic heterocycles. The second kappa shape index (κ2) is 7.30. The highest BCUT2D eigenvalue weighted by molar-refractivity contribution is 6.20. The minimum absolute atomic E-state index is 0.0756. The van der Waals surface area contributed by atoms with Crippen LogP contribution in [0.25, 0.3) is 22.4 Å². The van der Waals surface area contributed by atoms with E-state index in [-0.39, 0.29) is 39.6 Å². The molecular weight excluding hydrogens is 472 g/mol. The summed E-state index contributed by atoms with van der Waals surface area (Å²) < 4.78 is 79.2. The highest BCUT2D eigenvalue weighted by atomic mass is 19.4. The van der Waals surface area contributed by atoms with Gasteiger partial charge in [0.15, 0.2) is 11.2 Å². The molecule has 0 fully saturated rings. The first-order valence-corrected chi connectivity index (χ1v) is 9.57. The molecule has 0 radical (unpaired) electrons. The van der Waals surface area contributed by atoms with E-state index < -0.39 is 48.1 Å². The standard InChI is InChI=1S/C19H15F6N7O2/c1-17(15(27)33)10-12(26)28-14(29-13(10)30-16(17)34)11-8-3-2-7(20)6-9(8)32(31-11)5-4-18(21,22)19(23,24)25/h2-3,6H,4-5H2,1H3,(H2,27,33)(H3,26,28,29,30,34). The number of amides is 2. The molecule has 34 heavy (non-hydrogen) atoms. The number of halogens is 6. The van der Waals surface area contributed by atoms with Gasteiger partial charge in [-0.15, -0.1) is 0 Å². The van der Waals surface area contributed by atoms with Gasteiger partial charge in [-0.25, -0.2) is 14.4 Å². The fourth-order valence-corrected chi connectivity index (χ4v) is 3.62. The smallest absolute Gasteiger partial charge is 0.383 e. The predicted molar refractivity (Wildman–Crippen MR) is 106 cm³/mol. The zero-order valence-corrected chi connectivity index (χ0v) is 17.2. The lowest BCUT2D eigenvalue weighted by Gasteiger charge is -2.19. The highest BCUT2D eigenvalue weighted by Crippen LogP contribution is 2.42. The van der Waals surface area contributed by atoms with Crippen molar-refractivity contribution in [3.8, 4) is 11.5 Å². The van der Waals surface area contributed by atoms with Crippen LogP contribution in [0, 0.1) is 5.82 Å². The van der Waals surface area contributed by atoms with Crippen LogP contribution in [0.4, 0.5) is 38.0 Å². The normalized spacial score (nSPS) is 18.3. The van der Waals surface area contributed by atoms with Crippen molar-refractivity contribution in [1.82, 2.24) is 19.7 Å². The number of anilines is 2. The van der Waals surface area contributed by atoms with Gasteiger partial charge < -0.3 is 16.8 Å². The number of nitrogen functional groups attached to an aromatic ring is 1. The quantitative estimate of drug-likeness (QED) is 0.373. The summed E-state index contributed by atoms with van der Waals surface area (Å²) in [6, 6.07) is 3.13. The molecule has 1 aliphatic rings. The number of nitrogens with zero attached hydrogens (tertiary/aromatic N) is 4. The molecule has 3 aromatic rings. The van der Waals surface area contributed by atoms with E-state index >= 15 is 0 Å². The Balaban J connectivity index is 1.83. The van der Waals surface area contributed by atoms with E-state index in [4.69, 9.17) is 11.5 Å². The van der Waals surface area contributed by atoms with Crippen molar-refractivity contribution in [2.45, 2.75) is 37.4 Å². The molecule has 1 aromatic carbocycles. The molecule has 2 amide bonds. The van der Waals surface area contributed by atoms with Gasteiger partial charge in [-0.05, 0) is 25.1 Å². The van der Waals surface area contributed by atoms with Crippen molar-refractivity contribution in [3.63, 3.8) is 0 Å². The Labute approximate surface area is 186 Å². The van der Waals surface area contributed by atoms with Crippen LogP contribution in [-0.4, -0.2) is 43.7 Å². The summed E-state index contributed by atoms with van der Waals surface area (Å²) in [4.78, 5) is 32.4. The van der Waals surface area contributed by atoms with Crippen LogP contribution in [-0.2, 0) is 21.5 Å². The van der Waals surface area contributed by atoms with Crippen LogP contribution >= 0.6 is 0 Å². The summed E-state index contributed by atoms with van der Waals surface area (Å²) in [7, 11) is 0. The molecule has 1 atom stereocenters. The Morgan fingerprint density at radius 2 is 1.88 bits per heavy atom. The average Bonchev–Trinajstić information content (AvgIpc) is 3.21. The van der Waals surface area contributed by atoms with Crippen molar-refractivity contribution < 1.29 is 35.9 Å². The number of alkyl halides is 5. The van der Waals surface area contributed by atoms with Gasteiger partial charge >= 0.3 is 12.1 Å². The van der Waals surface area contributed by atoms with Crippen molar-refractivity contribution in [1.29, 1.82) is 0 Å². The van der Waals surface area contributed by atoms with Gasteiger partial charge in [-0.2, -0.15) is 27.1 Å². The lowest BCUT2D eigenvalue weighted by Crippen LogP contribution is -2.44. The van der Waals surface area contributed by atoms with Crippen molar-refractivity contribution in [2.75, 3.05) is 11.1 Å². The highest BCUT2D eigenvalue weighted by Gasteiger charge is 2.57. The van der Waals surface area contributed by atoms with Crippen LogP contribution in [0.15, 0.2) is 18.2 Å². The minimum atomic E-state index is -5.77. The first kappa shape index (κ1) is 23.3. The molecule has 0 saturated carbocycles. The van der Waals surface area contributed by atoms with E-state index in [2.05, 4.69) is 20.4 Å².